The summed E-state index contributed by atoms with van der Waals surface area (Å²) >= 11 is 0. The van der Waals surface area contributed by atoms with E-state index in [4.69, 9.17) is 4.74 Å². The van der Waals surface area contributed by atoms with E-state index in [-0.39, 0.29) is 12.1 Å². The normalized spacial score (nSPS) is 12.1. The molecule has 82 valence electrons. The summed E-state index contributed by atoms with van der Waals surface area (Å²) in [5.74, 6) is -0.150. The van der Waals surface area contributed by atoms with Crippen LogP contribution in [0.2, 0.25) is 0 Å². The molecule has 2 nitrogen and oxygen atoms in total. The first-order valence-corrected chi connectivity index (χ1v) is 5.54. The van der Waals surface area contributed by atoms with Crippen molar-refractivity contribution >= 4 is 5.97 Å². The molecule has 0 bridgehead atoms. The number of carbonyl (C=O) groups is 1. The predicted molar refractivity (Wildman–Crippen MR) is 59.1 cm³/mol. The Kier molecular flexibility index (Phi) is 8.30. The van der Waals surface area contributed by atoms with Crippen molar-refractivity contribution in [3.63, 3.8) is 0 Å². The van der Waals surface area contributed by atoms with Gasteiger partial charge in [-0.15, -0.1) is 6.58 Å². The number of hydrogen-bond acceptors (Lipinski definition) is 2. The van der Waals surface area contributed by atoms with E-state index in [0.717, 1.165) is 19.3 Å². The third-order valence-corrected chi connectivity index (χ3v) is 2.19. The van der Waals surface area contributed by atoms with Gasteiger partial charge in [0.15, 0.2) is 0 Å². The standard InChI is InChI=1S/C12H22O2/c1-4-7-8-10-11(6-3)14-12(13)9-5-2/h5,11H,2,4,6-10H2,1,3H3. The van der Waals surface area contributed by atoms with Crippen molar-refractivity contribution < 1.29 is 9.53 Å². The zero-order chi connectivity index (χ0) is 10.8. The van der Waals surface area contributed by atoms with E-state index >= 15 is 0 Å². The fraction of sp³-hybridized carbons (Fsp3) is 0.750. The summed E-state index contributed by atoms with van der Waals surface area (Å²) < 4.78 is 5.28. The van der Waals surface area contributed by atoms with Gasteiger partial charge in [0.1, 0.15) is 6.10 Å². The Balaban J connectivity index is 3.66. The lowest BCUT2D eigenvalue weighted by atomic mass is 10.1. The van der Waals surface area contributed by atoms with Crippen LogP contribution in [0.15, 0.2) is 12.7 Å². The number of rotatable bonds is 8. The molecule has 0 fully saturated rings. The molecule has 14 heavy (non-hydrogen) atoms. The maximum absolute atomic E-state index is 11.2. The van der Waals surface area contributed by atoms with Crippen LogP contribution in [-0.2, 0) is 9.53 Å². The molecule has 0 saturated carbocycles. The van der Waals surface area contributed by atoms with Crippen LogP contribution < -0.4 is 0 Å². The highest BCUT2D eigenvalue weighted by Gasteiger charge is 2.10. The lowest BCUT2D eigenvalue weighted by molar-refractivity contribution is -0.148. The van der Waals surface area contributed by atoms with Gasteiger partial charge in [0.25, 0.3) is 0 Å². The van der Waals surface area contributed by atoms with Crippen LogP contribution in [0.1, 0.15) is 52.4 Å². The molecule has 0 radical (unpaired) electrons. The van der Waals surface area contributed by atoms with Gasteiger partial charge >= 0.3 is 5.97 Å². The van der Waals surface area contributed by atoms with Gasteiger partial charge in [0.05, 0.1) is 6.42 Å². The van der Waals surface area contributed by atoms with Crippen LogP contribution in [-0.4, -0.2) is 12.1 Å². The van der Waals surface area contributed by atoms with Crippen molar-refractivity contribution in [3.8, 4) is 0 Å². The SMILES string of the molecule is C=CCC(=O)OC(CC)CCCCC. The zero-order valence-corrected chi connectivity index (χ0v) is 9.42. The first kappa shape index (κ1) is 13.2. The average Bonchev–Trinajstić information content (AvgIpc) is 2.17. The fourth-order valence-electron chi connectivity index (χ4n) is 1.32. The highest BCUT2D eigenvalue weighted by molar-refractivity contribution is 5.71. The second-order valence-corrected chi connectivity index (χ2v) is 3.51. The molecule has 0 N–H and O–H groups in total. The molecule has 0 aromatic heterocycles. The molecule has 0 saturated heterocycles. The summed E-state index contributed by atoms with van der Waals surface area (Å²) in [6.45, 7) is 7.73. The van der Waals surface area contributed by atoms with Gasteiger partial charge in [0.2, 0.25) is 0 Å². The molecule has 0 aliphatic carbocycles. The van der Waals surface area contributed by atoms with Crippen molar-refractivity contribution in [2.45, 2.75) is 58.5 Å². The molecule has 0 aliphatic heterocycles. The van der Waals surface area contributed by atoms with Gasteiger partial charge < -0.3 is 4.74 Å². The van der Waals surface area contributed by atoms with Gasteiger partial charge in [-0.05, 0) is 19.3 Å². The van der Waals surface area contributed by atoms with Crippen LogP contribution >= 0.6 is 0 Å². The van der Waals surface area contributed by atoms with E-state index in [2.05, 4.69) is 20.4 Å². The first-order valence-electron chi connectivity index (χ1n) is 5.54. The van der Waals surface area contributed by atoms with Gasteiger partial charge in [-0.3, -0.25) is 4.79 Å². The minimum atomic E-state index is -0.150. The second-order valence-electron chi connectivity index (χ2n) is 3.51. The lowest BCUT2D eigenvalue weighted by Crippen LogP contribution is -2.16. The lowest BCUT2D eigenvalue weighted by Gasteiger charge is -2.15. The van der Waals surface area contributed by atoms with Crippen LogP contribution in [0, 0.1) is 0 Å². The van der Waals surface area contributed by atoms with Crippen LogP contribution in [0.4, 0.5) is 0 Å². The van der Waals surface area contributed by atoms with Crippen molar-refractivity contribution in [2.24, 2.45) is 0 Å². The molecule has 0 heterocycles. The smallest absolute Gasteiger partial charge is 0.309 e. The number of ether oxygens (including phenoxy) is 1. The van der Waals surface area contributed by atoms with Crippen LogP contribution in [0.3, 0.4) is 0 Å². The minimum absolute atomic E-state index is 0.106. The zero-order valence-electron chi connectivity index (χ0n) is 9.42. The van der Waals surface area contributed by atoms with Crippen LogP contribution in [0.5, 0.6) is 0 Å². The molecule has 0 amide bonds. The van der Waals surface area contributed by atoms with E-state index in [0.29, 0.717) is 6.42 Å². The molecule has 0 rings (SSSR count). The predicted octanol–water partition coefficient (Wildman–Crippen LogP) is 3.46. The van der Waals surface area contributed by atoms with E-state index in [1.165, 1.54) is 12.8 Å². The Morgan fingerprint density at radius 2 is 2.14 bits per heavy atom. The maximum atomic E-state index is 11.2. The average molecular weight is 198 g/mol. The molecule has 0 aliphatic rings. The van der Waals surface area contributed by atoms with E-state index in [9.17, 15) is 4.79 Å². The summed E-state index contributed by atoms with van der Waals surface area (Å²) in [5, 5.41) is 0. The quantitative estimate of drug-likeness (QED) is 0.339. The van der Waals surface area contributed by atoms with Gasteiger partial charge in [-0.2, -0.15) is 0 Å². The summed E-state index contributed by atoms with van der Waals surface area (Å²) in [6, 6.07) is 0. The Hall–Kier alpha value is -0.790. The fourth-order valence-corrected chi connectivity index (χ4v) is 1.32. The number of hydrogen-bond donors (Lipinski definition) is 0. The minimum Gasteiger partial charge on any atom is -0.462 e. The number of carbonyl (C=O) groups excluding carboxylic acids is 1. The molecule has 0 spiro atoms. The maximum Gasteiger partial charge on any atom is 0.309 e. The van der Waals surface area contributed by atoms with Crippen molar-refractivity contribution in [1.29, 1.82) is 0 Å². The Bertz CT molecular complexity index is 164. The van der Waals surface area contributed by atoms with Gasteiger partial charge in [-0.1, -0.05) is 32.8 Å². The number of unbranched alkanes of at least 4 members (excludes halogenated alkanes) is 2. The molecular formula is C12H22O2. The molecule has 1 atom stereocenters. The topological polar surface area (TPSA) is 26.3 Å². The summed E-state index contributed by atoms with van der Waals surface area (Å²) in [6.07, 6.45) is 7.49. The van der Waals surface area contributed by atoms with E-state index in [1.807, 2.05) is 0 Å². The molecular weight excluding hydrogens is 176 g/mol. The number of esters is 1. The molecule has 2 heteroatoms. The van der Waals surface area contributed by atoms with E-state index in [1.54, 1.807) is 6.08 Å². The second kappa shape index (κ2) is 8.79. The van der Waals surface area contributed by atoms with Gasteiger partial charge in [-0.25, -0.2) is 0 Å². The van der Waals surface area contributed by atoms with Crippen molar-refractivity contribution in [2.75, 3.05) is 0 Å². The molecule has 0 aromatic rings. The Morgan fingerprint density at radius 1 is 1.43 bits per heavy atom. The first-order chi connectivity index (χ1) is 6.74. The third kappa shape index (κ3) is 6.70. The Labute approximate surface area is 87.3 Å². The van der Waals surface area contributed by atoms with Crippen molar-refractivity contribution in [1.82, 2.24) is 0 Å². The monoisotopic (exact) mass is 198 g/mol. The van der Waals surface area contributed by atoms with Crippen molar-refractivity contribution in [3.05, 3.63) is 12.7 Å². The summed E-state index contributed by atoms with van der Waals surface area (Å²) in [5.41, 5.74) is 0. The van der Waals surface area contributed by atoms with Crippen LogP contribution in [0.25, 0.3) is 0 Å². The van der Waals surface area contributed by atoms with Gasteiger partial charge in [0, 0.05) is 0 Å². The third-order valence-electron chi connectivity index (χ3n) is 2.19. The largest absolute Gasteiger partial charge is 0.462 e. The summed E-state index contributed by atoms with van der Waals surface area (Å²) in [4.78, 5) is 11.2. The highest BCUT2D eigenvalue weighted by atomic mass is 16.5. The molecule has 0 aromatic carbocycles. The summed E-state index contributed by atoms with van der Waals surface area (Å²) in [7, 11) is 0. The van der Waals surface area contributed by atoms with E-state index < -0.39 is 0 Å². The Morgan fingerprint density at radius 3 is 2.64 bits per heavy atom. The molecule has 1 unspecified atom stereocenters. The highest BCUT2D eigenvalue weighted by Crippen LogP contribution is 2.10.